The summed E-state index contributed by atoms with van der Waals surface area (Å²) in [7, 11) is 0. The lowest BCUT2D eigenvalue weighted by molar-refractivity contribution is 1.34. The number of pyridine rings is 1. The molecule has 0 aliphatic carbocycles. The van der Waals surface area contributed by atoms with Crippen LogP contribution in [0.1, 0.15) is 0 Å². The molecule has 0 spiro atoms. The van der Waals surface area contributed by atoms with Gasteiger partial charge in [0, 0.05) is 16.1 Å². The molecule has 1 nitrogen and oxygen atoms in total. The Bertz CT molecular complexity index is 379. The number of rotatable bonds is 0. The van der Waals surface area contributed by atoms with Crippen LogP contribution in [0.3, 0.4) is 0 Å². The molecule has 11 heavy (non-hydrogen) atoms. The van der Waals surface area contributed by atoms with E-state index in [0.717, 1.165) is 15.2 Å². The molecular weight excluding hydrogens is 202 g/mol. The van der Waals surface area contributed by atoms with Crippen LogP contribution < -0.4 is 0 Å². The number of halogens is 1. The molecule has 0 aliphatic rings. The first-order valence-electron chi connectivity index (χ1n) is 3.28. The second kappa shape index (κ2) is 2.62. The van der Waals surface area contributed by atoms with Crippen LogP contribution in [-0.2, 0) is 0 Å². The Hall–Kier alpha value is -0.890. The number of hydrogen-bond acceptors (Lipinski definition) is 1. The lowest BCUT2D eigenvalue weighted by atomic mass is 10.2. The lowest BCUT2D eigenvalue weighted by Gasteiger charge is -1.96. The molecule has 0 saturated heterocycles. The molecule has 2 aromatic rings. The Kier molecular flexibility index (Phi) is 1.62. The van der Waals surface area contributed by atoms with Crippen LogP contribution in [0.15, 0.2) is 34.9 Å². The van der Waals surface area contributed by atoms with E-state index in [4.69, 9.17) is 0 Å². The zero-order valence-corrected chi connectivity index (χ0v) is 7.30. The molecule has 0 bridgehead atoms. The highest BCUT2D eigenvalue weighted by molar-refractivity contribution is 9.10. The second-order valence-electron chi connectivity index (χ2n) is 2.27. The molecule has 1 heterocycles. The van der Waals surface area contributed by atoms with Gasteiger partial charge in [0.15, 0.2) is 0 Å². The maximum absolute atomic E-state index is 3.92. The summed E-state index contributed by atoms with van der Waals surface area (Å²) in [6.07, 6.45) is 4.60. The molecule has 2 heteroatoms. The van der Waals surface area contributed by atoms with E-state index in [1.165, 1.54) is 0 Å². The lowest BCUT2D eigenvalue weighted by Crippen LogP contribution is -1.75. The summed E-state index contributed by atoms with van der Waals surface area (Å²) < 4.78 is 1.08. The van der Waals surface area contributed by atoms with E-state index in [-0.39, 0.29) is 0 Å². The number of benzene rings is 1. The Labute approximate surface area is 73.2 Å². The van der Waals surface area contributed by atoms with E-state index in [0.29, 0.717) is 0 Å². The molecule has 0 aliphatic heterocycles. The Morgan fingerprint density at radius 2 is 2.27 bits per heavy atom. The molecule has 1 aromatic carbocycles. The molecule has 2 rings (SSSR count). The van der Waals surface area contributed by atoms with Crippen molar-refractivity contribution < 1.29 is 0 Å². The smallest absolute Gasteiger partial charge is 0.0892 e. The molecule has 1 radical (unpaired) electrons. The van der Waals surface area contributed by atoms with Crippen LogP contribution >= 0.6 is 15.9 Å². The quantitative estimate of drug-likeness (QED) is 0.647. The Balaban J connectivity index is 2.91. The van der Waals surface area contributed by atoms with Crippen LogP contribution in [0.25, 0.3) is 10.8 Å². The van der Waals surface area contributed by atoms with Crippen LogP contribution in [0.2, 0.25) is 0 Å². The molecule has 0 amide bonds. The summed E-state index contributed by atoms with van der Waals surface area (Å²) in [5.74, 6) is 0. The van der Waals surface area contributed by atoms with Gasteiger partial charge in [-0.1, -0.05) is 28.1 Å². The van der Waals surface area contributed by atoms with Gasteiger partial charge in [0.05, 0.1) is 6.20 Å². The van der Waals surface area contributed by atoms with Crippen LogP contribution in [0.5, 0.6) is 0 Å². The standard InChI is InChI=1S/C9H5BrN/c10-9-3-1-2-7-4-5-11-6-8(7)9/h1-4,6H. The van der Waals surface area contributed by atoms with Gasteiger partial charge in [-0.25, -0.2) is 0 Å². The minimum Gasteiger partial charge on any atom is -0.254 e. The molecule has 53 valence electrons. The third-order valence-corrected chi connectivity index (χ3v) is 2.27. The first kappa shape index (κ1) is 6.80. The van der Waals surface area contributed by atoms with Crippen molar-refractivity contribution >= 4 is 26.7 Å². The van der Waals surface area contributed by atoms with E-state index in [1.54, 1.807) is 6.20 Å². The molecule has 1 aromatic heterocycles. The first-order chi connectivity index (χ1) is 5.38. The van der Waals surface area contributed by atoms with Gasteiger partial charge in [-0.3, -0.25) is 4.98 Å². The Morgan fingerprint density at radius 1 is 1.36 bits per heavy atom. The summed E-state index contributed by atoms with van der Waals surface area (Å²) in [6, 6.07) is 7.92. The minimum atomic E-state index is 1.08. The fraction of sp³-hybridized carbons (Fsp3) is 0. The van der Waals surface area contributed by atoms with Crippen molar-refractivity contribution in [3.8, 4) is 0 Å². The van der Waals surface area contributed by atoms with E-state index in [9.17, 15) is 0 Å². The Morgan fingerprint density at radius 3 is 3.09 bits per heavy atom. The van der Waals surface area contributed by atoms with Crippen molar-refractivity contribution in [3.63, 3.8) is 0 Å². The van der Waals surface area contributed by atoms with Gasteiger partial charge in [0.1, 0.15) is 0 Å². The highest BCUT2D eigenvalue weighted by Gasteiger charge is 1.94. The van der Waals surface area contributed by atoms with Crippen molar-refractivity contribution in [2.45, 2.75) is 0 Å². The summed E-state index contributed by atoms with van der Waals surface area (Å²) in [6.45, 7) is 0. The summed E-state index contributed by atoms with van der Waals surface area (Å²) >= 11 is 3.44. The number of aromatic nitrogens is 1. The number of hydrogen-bond donors (Lipinski definition) is 0. The van der Waals surface area contributed by atoms with Crippen molar-refractivity contribution in [2.24, 2.45) is 0 Å². The van der Waals surface area contributed by atoms with Gasteiger partial charge in [0.25, 0.3) is 0 Å². The molecular formula is C9H5BrN. The van der Waals surface area contributed by atoms with E-state index < -0.39 is 0 Å². The highest BCUT2D eigenvalue weighted by Crippen LogP contribution is 2.21. The number of nitrogens with zero attached hydrogens (tertiary/aromatic N) is 1. The molecule has 0 unspecified atom stereocenters. The van der Waals surface area contributed by atoms with Gasteiger partial charge in [-0.05, 0) is 17.5 Å². The summed E-state index contributed by atoms with van der Waals surface area (Å²) in [5, 5.41) is 2.29. The summed E-state index contributed by atoms with van der Waals surface area (Å²) in [5.41, 5.74) is 0. The molecule has 0 fully saturated rings. The average Bonchev–Trinajstić information content (AvgIpc) is 2.06. The topological polar surface area (TPSA) is 12.9 Å². The fourth-order valence-corrected chi connectivity index (χ4v) is 1.51. The van der Waals surface area contributed by atoms with Gasteiger partial charge in [0.2, 0.25) is 0 Å². The van der Waals surface area contributed by atoms with Gasteiger partial charge in [-0.2, -0.15) is 0 Å². The maximum atomic E-state index is 3.92. The van der Waals surface area contributed by atoms with Crippen molar-refractivity contribution in [1.82, 2.24) is 4.98 Å². The summed E-state index contributed by atoms with van der Waals surface area (Å²) in [4.78, 5) is 3.92. The van der Waals surface area contributed by atoms with Crippen LogP contribution in [0, 0.1) is 6.20 Å². The largest absolute Gasteiger partial charge is 0.254 e. The predicted molar refractivity (Wildman–Crippen MR) is 48.3 cm³/mol. The average molecular weight is 207 g/mol. The second-order valence-corrected chi connectivity index (χ2v) is 3.13. The van der Waals surface area contributed by atoms with Gasteiger partial charge >= 0.3 is 0 Å². The highest BCUT2D eigenvalue weighted by atomic mass is 79.9. The molecule has 0 atom stereocenters. The van der Waals surface area contributed by atoms with E-state index in [2.05, 4.69) is 27.1 Å². The number of fused-ring (bicyclic) bond motifs is 1. The molecule has 0 N–H and O–H groups in total. The van der Waals surface area contributed by atoms with Gasteiger partial charge < -0.3 is 0 Å². The minimum absolute atomic E-state index is 1.08. The SMILES string of the molecule is Brc1cccc2c[c]ncc12. The van der Waals surface area contributed by atoms with Crippen LogP contribution in [-0.4, -0.2) is 4.98 Å². The molecule has 0 saturated carbocycles. The first-order valence-corrected chi connectivity index (χ1v) is 4.07. The van der Waals surface area contributed by atoms with Gasteiger partial charge in [-0.15, -0.1) is 0 Å². The maximum Gasteiger partial charge on any atom is 0.0892 e. The zero-order chi connectivity index (χ0) is 7.68. The van der Waals surface area contributed by atoms with E-state index >= 15 is 0 Å². The predicted octanol–water partition coefficient (Wildman–Crippen LogP) is 2.80. The fourth-order valence-electron chi connectivity index (χ4n) is 1.02. The van der Waals surface area contributed by atoms with E-state index in [1.807, 2.05) is 24.3 Å². The van der Waals surface area contributed by atoms with Crippen molar-refractivity contribution in [1.29, 1.82) is 0 Å². The third kappa shape index (κ3) is 1.14. The third-order valence-electron chi connectivity index (χ3n) is 1.57. The zero-order valence-electron chi connectivity index (χ0n) is 5.71. The van der Waals surface area contributed by atoms with Crippen molar-refractivity contribution in [3.05, 3.63) is 41.1 Å². The van der Waals surface area contributed by atoms with Crippen molar-refractivity contribution in [2.75, 3.05) is 0 Å². The normalized spacial score (nSPS) is 10.3. The monoisotopic (exact) mass is 206 g/mol. The van der Waals surface area contributed by atoms with Crippen LogP contribution in [0.4, 0.5) is 0 Å².